The van der Waals surface area contributed by atoms with Gasteiger partial charge in [0.2, 0.25) is 0 Å². The minimum absolute atomic E-state index is 0.181. The largest absolute Gasteiger partial charge is 0.481 e. The van der Waals surface area contributed by atoms with Gasteiger partial charge in [0.25, 0.3) is 0 Å². The summed E-state index contributed by atoms with van der Waals surface area (Å²) in [5.74, 6) is -0.250. The van der Waals surface area contributed by atoms with Gasteiger partial charge < -0.3 is 5.11 Å². The number of carboxylic acids is 1. The number of fused-ring (bicyclic) bond motifs is 1. The molecule has 0 spiro atoms. The molecule has 1 N–H and O–H groups in total. The molecule has 0 saturated heterocycles. The Hall–Kier alpha value is -0.860. The lowest BCUT2D eigenvalue weighted by atomic mass is 9.74. The Morgan fingerprint density at radius 2 is 1.88 bits per heavy atom. The highest BCUT2D eigenvalue weighted by Crippen LogP contribution is 2.72. The van der Waals surface area contributed by atoms with E-state index in [0.29, 0.717) is 12.3 Å². The van der Waals surface area contributed by atoms with Crippen LogP contribution in [0, 0.1) is 23.2 Å². The first kappa shape index (κ1) is 10.3. The molecule has 3 aliphatic carbocycles. The zero-order chi connectivity index (χ0) is 11.3. The highest BCUT2D eigenvalue weighted by atomic mass is 16.4. The van der Waals surface area contributed by atoms with Crippen molar-refractivity contribution in [3.05, 3.63) is 0 Å². The lowest BCUT2D eigenvalue weighted by Gasteiger charge is -2.29. The van der Waals surface area contributed by atoms with Crippen LogP contribution in [0.3, 0.4) is 0 Å². The molecule has 3 heteroatoms. The molecular weight excluding hydrogens is 204 g/mol. The third kappa shape index (κ3) is 1.09. The average Bonchev–Trinajstić information content (AvgIpc) is 2.87. The SMILES string of the molecule is O=C(O)[C@H]1[C@H]2CCC(=O)[C@@]21C1CCCCC1. The summed E-state index contributed by atoms with van der Waals surface area (Å²) in [6.07, 6.45) is 7.22. The molecule has 0 heterocycles. The molecule has 0 aliphatic heterocycles. The van der Waals surface area contributed by atoms with Gasteiger partial charge in [0.05, 0.1) is 5.92 Å². The molecule has 0 aromatic rings. The van der Waals surface area contributed by atoms with Crippen LogP contribution in [0.25, 0.3) is 0 Å². The van der Waals surface area contributed by atoms with Crippen LogP contribution in [0.15, 0.2) is 0 Å². The first-order valence-electron chi connectivity index (χ1n) is 6.45. The molecule has 0 amide bonds. The fraction of sp³-hybridized carbons (Fsp3) is 0.846. The van der Waals surface area contributed by atoms with Crippen LogP contribution in [0.1, 0.15) is 44.9 Å². The molecule has 0 unspecified atom stereocenters. The maximum absolute atomic E-state index is 12.1. The minimum Gasteiger partial charge on any atom is -0.481 e. The maximum Gasteiger partial charge on any atom is 0.307 e. The predicted molar refractivity (Wildman–Crippen MR) is 57.9 cm³/mol. The van der Waals surface area contributed by atoms with Crippen molar-refractivity contribution in [2.75, 3.05) is 0 Å². The van der Waals surface area contributed by atoms with Crippen LogP contribution in [0.5, 0.6) is 0 Å². The van der Waals surface area contributed by atoms with Crippen molar-refractivity contribution in [1.82, 2.24) is 0 Å². The van der Waals surface area contributed by atoms with Crippen LogP contribution >= 0.6 is 0 Å². The van der Waals surface area contributed by atoms with E-state index < -0.39 is 11.4 Å². The van der Waals surface area contributed by atoms with Crippen LogP contribution in [0.2, 0.25) is 0 Å². The van der Waals surface area contributed by atoms with Gasteiger partial charge in [0, 0.05) is 11.8 Å². The number of ketones is 1. The Kier molecular flexibility index (Phi) is 2.13. The van der Waals surface area contributed by atoms with Gasteiger partial charge in [-0.3, -0.25) is 9.59 Å². The molecule has 16 heavy (non-hydrogen) atoms. The minimum atomic E-state index is -0.733. The second kappa shape index (κ2) is 3.31. The summed E-state index contributed by atoms with van der Waals surface area (Å²) in [7, 11) is 0. The Morgan fingerprint density at radius 1 is 1.19 bits per heavy atom. The van der Waals surface area contributed by atoms with Gasteiger partial charge >= 0.3 is 5.97 Å². The van der Waals surface area contributed by atoms with E-state index in [1.807, 2.05) is 0 Å². The zero-order valence-corrected chi connectivity index (χ0v) is 9.45. The van der Waals surface area contributed by atoms with E-state index in [1.165, 1.54) is 19.3 Å². The van der Waals surface area contributed by atoms with E-state index in [2.05, 4.69) is 0 Å². The van der Waals surface area contributed by atoms with Crippen molar-refractivity contribution in [2.45, 2.75) is 44.9 Å². The fourth-order valence-electron chi connectivity index (χ4n) is 4.51. The van der Waals surface area contributed by atoms with Crippen molar-refractivity contribution in [3.8, 4) is 0 Å². The number of hydrogen-bond donors (Lipinski definition) is 1. The molecule has 0 radical (unpaired) electrons. The van der Waals surface area contributed by atoms with Crippen LogP contribution in [-0.2, 0) is 9.59 Å². The van der Waals surface area contributed by atoms with Crippen LogP contribution in [0.4, 0.5) is 0 Å². The average molecular weight is 222 g/mol. The topological polar surface area (TPSA) is 54.4 Å². The first-order valence-corrected chi connectivity index (χ1v) is 6.45. The molecule has 0 bridgehead atoms. The highest BCUT2D eigenvalue weighted by molar-refractivity contribution is 5.98. The standard InChI is InChI=1S/C13H18O3/c14-10-7-6-9-11(12(15)16)13(9,10)8-4-2-1-3-5-8/h8-9,11H,1-7H2,(H,15,16)/t9-,11-,13-/m1/s1. The number of hydrogen-bond acceptors (Lipinski definition) is 2. The Bertz CT molecular complexity index is 343. The summed E-state index contributed by atoms with van der Waals surface area (Å²) in [4.78, 5) is 23.3. The summed E-state index contributed by atoms with van der Waals surface area (Å²) in [5.41, 5.74) is -0.410. The molecular formula is C13H18O3. The molecule has 88 valence electrons. The summed E-state index contributed by atoms with van der Waals surface area (Å²) >= 11 is 0. The summed E-state index contributed by atoms with van der Waals surface area (Å²) in [6.45, 7) is 0. The molecule has 3 aliphatic rings. The van der Waals surface area contributed by atoms with Gasteiger partial charge in [-0.1, -0.05) is 19.3 Å². The van der Waals surface area contributed by atoms with Crippen molar-refractivity contribution in [2.24, 2.45) is 23.2 Å². The lowest BCUT2D eigenvalue weighted by molar-refractivity contribution is -0.143. The Morgan fingerprint density at radius 3 is 2.44 bits per heavy atom. The fourth-order valence-corrected chi connectivity index (χ4v) is 4.51. The van der Waals surface area contributed by atoms with Crippen molar-refractivity contribution >= 4 is 11.8 Å². The van der Waals surface area contributed by atoms with Crippen molar-refractivity contribution < 1.29 is 14.7 Å². The van der Waals surface area contributed by atoms with E-state index in [1.54, 1.807) is 0 Å². The monoisotopic (exact) mass is 222 g/mol. The van der Waals surface area contributed by atoms with Gasteiger partial charge in [-0.15, -0.1) is 0 Å². The zero-order valence-electron chi connectivity index (χ0n) is 9.45. The van der Waals surface area contributed by atoms with Crippen LogP contribution in [-0.4, -0.2) is 16.9 Å². The molecule has 3 rings (SSSR count). The van der Waals surface area contributed by atoms with Gasteiger partial charge in [0.1, 0.15) is 5.78 Å². The quantitative estimate of drug-likeness (QED) is 0.779. The van der Waals surface area contributed by atoms with E-state index in [-0.39, 0.29) is 17.6 Å². The van der Waals surface area contributed by atoms with Gasteiger partial charge in [-0.25, -0.2) is 0 Å². The smallest absolute Gasteiger partial charge is 0.307 e. The molecule has 3 atom stereocenters. The predicted octanol–water partition coefficient (Wildman–Crippen LogP) is 2.25. The lowest BCUT2D eigenvalue weighted by Crippen LogP contribution is -2.30. The van der Waals surface area contributed by atoms with Gasteiger partial charge in [-0.2, -0.15) is 0 Å². The molecule has 0 aromatic carbocycles. The summed E-state index contributed by atoms with van der Waals surface area (Å²) < 4.78 is 0. The normalized spacial score (nSPS) is 43.1. The maximum atomic E-state index is 12.1. The third-order valence-corrected chi connectivity index (χ3v) is 5.13. The van der Waals surface area contributed by atoms with E-state index >= 15 is 0 Å². The number of carboxylic acid groups (broad SMARTS) is 1. The van der Waals surface area contributed by atoms with Crippen molar-refractivity contribution in [3.63, 3.8) is 0 Å². The van der Waals surface area contributed by atoms with E-state index in [9.17, 15) is 14.7 Å². The number of carbonyl (C=O) groups excluding carboxylic acids is 1. The second-order valence-electron chi connectivity index (χ2n) is 5.65. The Labute approximate surface area is 95.2 Å². The number of aliphatic carboxylic acids is 1. The molecule has 3 fully saturated rings. The number of rotatable bonds is 2. The molecule has 3 saturated carbocycles. The number of Topliss-reactive ketones (excluding diaryl/α,β-unsaturated/α-hetero) is 1. The summed E-state index contributed by atoms with van der Waals surface area (Å²) in [5, 5.41) is 9.22. The second-order valence-corrected chi connectivity index (χ2v) is 5.65. The van der Waals surface area contributed by atoms with E-state index in [4.69, 9.17) is 0 Å². The molecule has 3 nitrogen and oxygen atoms in total. The highest BCUT2D eigenvalue weighted by Gasteiger charge is 2.76. The number of carbonyl (C=O) groups is 2. The van der Waals surface area contributed by atoms with Crippen LogP contribution < -0.4 is 0 Å². The molecule has 0 aromatic heterocycles. The summed E-state index contributed by atoms with van der Waals surface area (Å²) in [6, 6.07) is 0. The van der Waals surface area contributed by atoms with Gasteiger partial charge in [-0.05, 0) is 31.1 Å². The van der Waals surface area contributed by atoms with Crippen molar-refractivity contribution in [1.29, 1.82) is 0 Å². The Balaban J connectivity index is 1.89. The first-order chi connectivity index (χ1) is 7.69. The van der Waals surface area contributed by atoms with Gasteiger partial charge in [0.15, 0.2) is 0 Å². The third-order valence-electron chi connectivity index (χ3n) is 5.13. The van der Waals surface area contributed by atoms with E-state index in [0.717, 1.165) is 19.3 Å².